The second-order valence-electron chi connectivity index (χ2n) is 5.09. The van der Waals surface area contributed by atoms with E-state index in [-0.39, 0.29) is 12.4 Å². The zero-order valence-electron chi connectivity index (χ0n) is 11.8. The molecule has 0 aliphatic carbocycles. The molecule has 5 nitrogen and oxygen atoms in total. The Morgan fingerprint density at radius 3 is 2.86 bits per heavy atom. The number of cyclic esters (lactones) is 1. The number of hydrogen-bond donors (Lipinski definition) is 1. The number of rotatable bonds is 1. The third-order valence-corrected chi connectivity index (χ3v) is 3.79. The van der Waals surface area contributed by atoms with Crippen molar-refractivity contribution in [2.45, 2.75) is 6.61 Å². The second kappa shape index (κ2) is 4.53. The van der Waals surface area contributed by atoms with Crippen LogP contribution in [0.2, 0.25) is 0 Å². The first-order valence-electron chi connectivity index (χ1n) is 6.77. The molecule has 5 heteroatoms. The minimum atomic E-state index is -0.463. The van der Waals surface area contributed by atoms with Crippen molar-refractivity contribution in [3.63, 3.8) is 0 Å². The molecule has 0 bridgehead atoms. The Bertz CT molecular complexity index is 907. The largest absolute Gasteiger partial charge is 0.508 e. The van der Waals surface area contributed by atoms with Crippen LogP contribution in [-0.4, -0.2) is 18.2 Å². The Hall–Kier alpha value is -2.95. The average Bonchev–Trinajstić information content (AvgIpc) is 2.84. The number of carbonyl (C=O) groups excluding carboxylic acids is 1. The lowest BCUT2D eigenvalue weighted by Crippen LogP contribution is -2.02. The fourth-order valence-electron chi connectivity index (χ4n) is 2.73. The molecule has 1 aliphatic rings. The molecule has 22 heavy (non-hydrogen) atoms. The first-order chi connectivity index (χ1) is 10.7. The maximum Gasteiger partial charge on any atom is 0.343 e. The van der Waals surface area contributed by atoms with Crippen LogP contribution in [0.4, 0.5) is 0 Å². The maximum atomic E-state index is 12.3. The van der Waals surface area contributed by atoms with Gasteiger partial charge in [0.2, 0.25) is 0 Å². The van der Waals surface area contributed by atoms with Gasteiger partial charge < -0.3 is 19.0 Å². The van der Waals surface area contributed by atoms with Gasteiger partial charge in [0.15, 0.2) is 0 Å². The quantitative estimate of drug-likeness (QED) is 0.696. The van der Waals surface area contributed by atoms with Crippen molar-refractivity contribution in [3.05, 3.63) is 47.5 Å². The number of aromatic hydroxyl groups is 1. The summed E-state index contributed by atoms with van der Waals surface area (Å²) in [4.78, 5) is 12.3. The molecule has 2 aromatic carbocycles. The molecule has 0 atom stereocenters. The molecular formula is C17H12O5. The Balaban J connectivity index is 2.05. The van der Waals surface area contributed by atoms with Gasteiger partial charge in [-0.05, 0) is 36.4 Å². The summed E-state index contributed by atoms with van der Waals surface area (Å²) in [7, 11) is 1.58. The highest BCUT2D eigenvalue weighted by molar-refractivity contribution is 6.09. The Labute approximate surface area is 125 Å². The third-order valence-electron chi connectivity index (χ3n) is 3.79. The topological polar surface area (TPSA) is 68.9 Å². The van der Waals surface area contributed by atoms with Gasteiger partial charge in [-0.3, -0.25) is 0 Å². The van der Waals surface area contributed by atoms with E-state index in [2.05, 4.69) is 0 Å². The van der Waals surface area contributed by atoms with Crippen molar-refractivity contribution in [3.8, 4) is 22.8 Å². The molecule has 0 spiro atoms. The van der Waals surface area contributed by atoms with Crippen molar-refractivity contribution in [2.75, 3.05) is 7.11 Å². The lowest BCUT2D eigenvalue weighted by atomic mass is 10.0. The fraction of sp³-hybridized carbons (Fsp3) is 0.118. The number of methoxy groups -OCH3 is 1. The zero-order valence-corrected chi connectivity index (χ0v) is 11.8. The van der Waals surface area contributed by atoms with E-state index in [1.165, 1.54) is 12.1 Å². The summed E-state index contributed by atoms with van der Waals surface area (Å²) >= 11 is 0. The fourth-order valence-corrected chi connectivity index (χ4v) is 2.73. The number of phenols is 1. The van der Waals surface area contributed by atoms with Gasteiger partial charge in [0, 0.05) is 16.5 Å². The van der Waals surface area contributed by atoms with Gasteiger partial charge in [0.1, 0.15) is 35.0 Å². The van der Waals surface area contributed by atoms with E-state index in [1.807, 2.05) is 18.2 Å². The number of esters is 1. The standard InChI is InChI=1S/C17H12O5/c1-20-11-3-4-12-9(6-11)8-21-17(19)15-13-7-10(18)2-5-14(13)22-16(12)15/h2-7,18H,8H2,1H3. The summed E-state index contributed by atoms with van der Waals surface area (Å²) in [5.74, 6) is 0.755. The predicted octanol–water partition coefficient (Wildman–Crippen LogP) is 3.48. The van der Waals surface area contributed by atoms with Gasteiger partial charge >= 0.3 is 5.97 Å². The molecule has 0 saturated heterocycles. The van der Waals surface area contributed by atoms with E-state index in [0.717, 1.165) is 11.1 Å². The van der Waals surface area contributed by atoms with E-state index in [9.17, 15) is 9.90 Å². The van der Waals surface area contributed by atoms with Crippen LogP contribution in [0.15, 0.2) is 40.8 Å². The molecule has 110 valence electrons. The van der Waals surface area contributed by atoms with Gasteiger partial charge in [0.25, 0.3) is 0 Å². The van der Waals surface area contributed by atoms with E-state index in [1.54, 1.807) is 13.2 Å². The summed E-state index contributed by atoms with van der Waals surface area (Å²) in [5.41, 5.74) is 2.48. The Morgan fingerprint density at radius 1 is 1.18 bits per heavy atom. The van der Waals surface area contributed by atoms with Crippen LogP contribution >= 0.6 is 0 Å². The summed E-state index contributed by atoms with van der Waals surface area (Å²) in [5, 5.41) is 10.2. The number of fused-ring (bicyclic) bond motifs is 5. The van der Waals surface area contributed by atoms with E-state index < -0.39 is 5.97 Å². The number of benzene rings is 2. The first-order valence-corrected chi connectivity index (χ1v) is 6.77. The van der Waals surface area contributed by atoms with E-state index in [4.69, 9.17) is 13.9 Å². The lowest BCUT2D eigenvalue weighted by molar-refractivity contribution is 0.0480. The molecule has 0 saturated carbocycles. The normalized spacial score (nSPS) is 13.2. The maximum absolute atomic E-state index is 12.3. The molecule has 1 N–H and O–H groups in total. The molecule has 4 rings (SSSR count). The van der Waals surface area contributed by atoms with E-state index >= 15 is 0 Å². The van der Waals surface area contributed by atoms with Gasteiger partial charge in [-0.25, -0.2) is 4.79 Å². The van der Waals surface area contributed by atoms with E-state index in [0.29, 0.717) is 28.0 Å². The molecule has 2 heterocycles. The second-order valence-corrected chi connectivity index (χ2v) is 5.09. The number of furan rings is 1. The van der Waals surface area contributed by atoms with Gasteiger partial charge in [0.05, 0.1) is 7.11 Å². The highest BCUT2D eigenvalue weighted by Crippen LogP contribution is 2.40. The third kappa shape index (κ3) is 1.75. The summed E-state index contributed by atoms with van der Waals surface area (Å²) in [6.45, 7) is 0.149. The first kappa shape index (κ1) is 12.8. The van der Waals surface area contributed by atoms with Gasteiger partial charge in [-0.15, -0.1) is 0 Å². The molecule has 0 radical (unpaired) electrons. The molecular weight excluding hydrogens is 284 g/mol. The monoisotopic (exact) mass is 296 g/mol. The Morgan fingerprint density at radius 2 is 2.05 bits per heavy atom. The minimum Gasteiger partial charge on any atom is -0.508 e. The molecule has 0 fully saturated rings. The van der Waals surface area contributed by atoms with Crippen LogP contribution < -0.4 is 4.74 Å². The SMILES string of the molecule is COc1ccc2c(c1)COC(=O)c1c-2oc2ccc(O)cc12. The minimum absolute atomic E-state index is 0.0723. The zero-order chi connectivity index (χ0) is 15.3. The molecule has 1 aliphatic heterocycles. The highest BCUT2D eigenvalue weighted by Gasteiger charge is 2.28. The van der Waals surface area contributed by atoms with Crippen molar-refractivity contribution >= 4 is 16.9 Å². The van der Waals surface area contributed by atoms with Crippen molar-refractivity contribution in [2.24, 2.45) is 0 Å². The molecule has 3 aromatic rings. The smallest absolute Gasteiger partial charge is 0.343 e. The van der Waals surface area contributed by atoms with Crippen molar-refractivity contribution in [1.29, 1.82) is 0 Å². The van der Waals surface area contributed by atoms with Crippen LogP contribution in [-0.2, 0) is 11.3 Å². The van der Waals surface area contributed by atoms with Crippen molar-refractivity contribution < 1.29 is 23.8 Å². The van der Waals surface area contributed by atoms with Crippen LogP contribution in [0.1, 0.15) is 15.9 Å². The van der Waals surface area contributed by atoms with Crippen LogP contribution in [0.3, 0.4) is 0 Å². The number of ether oxygens (including phenoxy) is 2. The highest BCUT2D eigenvalue weighted by atomic mass is 16.5. The summed E-state index contributed by atoms with van der Waals surface area (Å²) in [6.07, 6.45) is 0. The summed E-state index contributed by atoms with van der Waals surface area (Å²) < 4.78 is 16.4. The van der Waals surface area contributed by atoms with Gasteiger partial charge in [-0.1, -0.05) is 0 Å². The summed E-state index contributed by atoms with van der Waals surface area (Å²) in [6, 6.07) is 10.1. The number of hydrogen-bond acceptors (Lipinski definition) is 5. The lowest BCUT2D eigenvalue weighted by Gasteiger charge is -2.07. The Kier molecular flexibility index (Phi) is 2.63. The molecule has 1 aromatic heterocycles. The van der Waals surface area contributed by atoms with Gasteiger partial charge in [-0.2, -0.15) is 0 Å². The average molecular weight is 296 g/mol. The van der Waals surface area contributed by atoms with Crippen LogP contribution in [0, 0.1) is 0 Å². The van der Waals surface area contributed by atoms with Crippen LogP contribution in [0.25, 0.3) is 22.3 Å². The molecule has 0 unspecified atom stereocenters. The van der Waals surface area contributed by atoms with Crippen LogP contribution in [0.5, 0.6) is 11.5 Å². The molecule has 0 amide bonds. The van der Waals surface area contributed by atoms with Crippen molar-refractivity contribution in [1.82, 2.24) is 0 Å². The number of carbonyl (C=O) groups is 1. The predicted molar refractivity (Wildman–Crippen MR) is 79.0 cm³/mol. The number of phenolic OH excluding ortho intramolecular Hbond substituents is 1.